The van der Waals surface area contributed by atoms with Crippen molar-refractivity contribution >= 4 is 35.2 Å². The third-order valence-corrected chi connectivity index (χ3v) is 5.57. The molecule has 2 heterocycles. The highest BCUT2D eigenvalue weighted by molar-refractivity contribution is 8.02. The number of benzene rings is 1. The number of piperidine rings is 1. The summed E-state index contributed by atoms with van der Waals surface area (Å²) in [7, 11) is 0. The minimum atomic E-state index is -0.322. The van der Waals surface area contributed by atoms with Crippen LogP contribution in [0.3, 0.4) is 0 Å². The molecule has 144 valence electrons. The van der Waals surface area contributed by atoms with Gasteiger partial charge >= 0.3 is 0 Å². The number of likely N-dealkylation sites (tertiary alicyclic amines) is 1. The molecule has 7 nitrogen and oxygen atoms in total. The van der Waals surface area contributed by atoms with Crippen LogP contribution in [-0.2, 0) is 14.3 Å². The third-order valence-electron chi connectivity index (χ3n) is 4.79. The van der Waals surface area contributed by atoms with Crippen molar-refractivity contribution < 1.29 is 19.1 Å². The van der Waals surface area contributed by atoms with E-state index in [9.17, 15) is 14.4 Å². The summed E-state index contributed by atoms with van der Waals surface area (Å²) in [5.41, 5.74) is 7.29. The van der Waals surface area contributed by atoms with Crippen LogP contribution in [0.15, 0.2) is 29.4 Å². The van der Waals surface area contributed by atoms with E-state index in [0.717, 1.165) is 11.3 Å². The maximum absolute atomic E-state index is 12.8. The molecule has 0 bridgehead atoms. The van der Waals surface area contributed by atoms with Gasteiger partial charge in [-0.05, 0) is 37.5 Å². The van der Waals surface area contributed by atoms with Crippen molar-refractivity contribution in [1.29, 1.82) is 0 Å². The van der Waals surface area contributed by atoms with Crippen LogP contribution >= 0.6 is 11.8 Å². The number of anilines is 1. The van der Waals surface area contributed by atoms with Gasteiger partial charge in [0.2, 0.25) is 5.91 Å². The largest absolute Gasteiger partial charge is 0.487 e. The molecule has 0 spiro atoms. The number of aryl methyl sites for hydroxylation is 1. The first kappa shape index (κ1) is 19.3. The number of nitrogens with zero attached hydrogens (tertiary/aromatic N) is 1. The number of carbonyl (C=O) groups excluding carboxylic acids is 3. The molecule has 0 aliphatic carbocycles. The Labute approximate surface area is 162 Å². The number of rotatable bonds is 4. The van der Waals surface area contributed by atoms with Crippen molar-refractivity contribution in [3.05, 3.63) is 40.5 Å². The second-order valence-electron chi connectivity index (χ2n) is 6.65. The second-order valence-corrected chi connectivity index (χ2v) is 7.63. The molecular weight excluding hydrogens is 366 g/mol. The summed E-state index contributed by atoms with van der Waals surface area (Å²) in [6.45, 7) is 3.37. The standard InChI is InChI=1S/C19H23N3O4S/c1-12-2-3-14(19(25)22-6-4-13(5-7-22)17(20)23)10-15(12)21-18(24)16-11-27-9-8-26-16/h2-3,10-11,13H,4-9H2,1H3,(H2,20,23)(H,21,24). The first-order valence-corrected chi connectivity index (χ1v) is 9.95. The third kappa shape index (κ3) is 4.63. The summed E-state index contributed by atoms with van der Waals surface area (Å²) in [5, 5.41) is 4.52. The van der Waals surface area contributed by atoms with Gasteiger partial charge in [0.05, 0.1) is 6.61 Å². The zero-order chi connectivity index (χ0) is 19.4. The van der Waals surface area contributed by atoms with Crippen LogP contribution in [0.5, 0.6) is 0 Å². The smallest absolute Gasteiger partial charge is 0.291 e. The summed E-state index contributed by atoms with van der Waals surface area (Å²) in [4.78, 5) is 38.1. The summed E-state index contributed by atoms with van der Waals surface area (Å²) < 4.78 is 5.37. The van der Waals surface area contributed by atoms with Crippen molar-refractivity contribution in [3.8, 4) is 0 Å². The molecule has 1 aromatic rings. The van der Waals surface area contributed by atoms with Crippen LogP contribution in [0, 0.1) is 12.8 Å². The molecule has 8 heteroatoms. The molecule has 2 aliphatic rings. The normalized spacial score (nSPS) is 17.7. The molecule has 1 aromatic carbocycles. The molecule has 2 aliphatic heterocycles. The number of nitrogens with two attached hydrogens (primary N) is 1. The van der Waals surface area contributed by atoms with Crippen molar-refractivity contribution in [2.75, 3.05) is 30.8 Å². The lowest BCUT2D eigenvalue weighted by atomic mass is 9.95. The number of primary amides is 1. The summed E-state index contributed by atoms with van der Waals surface area (Å²) in [6.07, 6.45) is 1.17. The van der Waals surface area contributed by atoms with E-state index >= 15 is 0 Å². The number of ether oxygens (including phenoxy) is 1. The molecule has 0 aromatic heterocycles. The quantitative estimate of drug-likeness (QED) is 0.819. The lowest BCUT2D eigenvalue weighted by Crippen LogP contribution is -2.41. The highest BCUT2D eigenvalue weighted by Crippen LogP contribution is 2.23. The van der Waals surface area contributed by atoms with Gasteiger partial charge in [0.15, 0.2) is 5.76 Å². The summed E-state index contributed by atoms with van der Waals surface area (Å²) in [5.74, 6) is 0.209. The number of hydrogen-bond acceptors (Lipinski definition) is 5. The van der Waals surface area contributed by atoms with E-state index in [0.29, 0.717) is 43.8 Å². The van der Waals surface area contributed by atoms with Crippen LogP contribution in [0.4, 0.5) is 5.69 Å². The zero-order valence-electron chi connectivity index (χ0n) is 15.2. The molecule has 0 unspecified atom stereocenters. The fraction of sp³-hybridized carbons (Fsp3) is 0.421. The lowest BCUT2D eigenvalue weighted by Gasteiger charge is -2.30. The van der Waals surface area contributed by atoms with Gasteiger partial charge in [-0.1, -0.05) is 6.07 Å². The predicted octanol–water partition coefficient (Wildman–Crippen LogP) is 1.88. The fourth-order valence-electron chi connectivity index (χ4n) is 3.11. The number of carbonyl (C=O) groups is 3. The SMILES string of the molecule is Cc1ccc(C(=O)N2CCC(C(N)=O)CC2)cc1NC(=O)C1=CSCCO1. The van der Waals surface area contributed by atoms with E-state index < -0.39 is 0 Å². The molecule has 0 atom stereocenters. The first-order valence-electron chi connectivity index (χ1n) is 8.91. The van der Waals surface area contributed by atoms with Gasteiger partial charge in [-0.3, -0.25) is 14.4 Å². The van der Waals surface area contributed by atoms with Crippen LogP contribution < -0.4 is 11.1 Å². The maximum atomic E-state index is 12.8. The highest BCUT2D eigenvalue weighted by atomic mass is 32.2. The average Bonchev–Trinajstić information content (AvgIpc) is 2.69. The Hall–Kier alpha value is -2.48. The van der Waals surface area contributed by atoms with Crippen molar-refractivity contribution in [1.82, 2.24) is 4.90 Å². The van der Waals surface area contributed by atoms with Gasteiger partial charge in [-0.15, -0.1) is 11.8 Å². The van der Waals surface area contributed by atoms with E-state index in [-0.39, 0.29) is 29.4 Å². The number of hydrogen-bond donors (Lipinski definition) is 2. The number of amides is 3. The molecule has 3 amide bonds. The molecule has 1 fully saturated rings. The van der Waals surface area contributed by atoms with E-state index in [2.05, 4.69) is 5.32 Å². The van der Waals surface area contributed by atoms with Crippen molar-refractivity contribution in [2.24, 2.45) is 11.7 Å². The van der Waals surface area contributed by atoms with Gasteiger partial charge in [0.25, 0.3) is 11.8 Å². The number of thioether (sulfide) groups is 1. The molecule has 0 saturated carbocycles. The lowest BCUT2D eigenvalue weighted by molar-refractivity contribution is -0.123. The van der Waals surface area contributed by atoms with Crippen LogP contribution in [-0.4, -0.2) is 48.1 Å². The van der Waals surface area contributed by atoms with E-state index in [1.54, 1.807) is 22.4 Å². The Morgan fingerprint density at radius 1 is 1.26 bits per heavy atom. The predicted molar refractivity (Wildman–Crippen MR) is 104 cm³/mol. The van der Waals surface area contributed by atoms with Crippen LogP contribution in [0.2, 0.25) is 0 Å². The molecule has 27 heavy (non-hydrogen) atoms. The molecule has 3 rings (SSSR count). The Kier molecular flexibility index (Phi) is 6.05. The van der Waals surface area contributed by atoms with E-state index in [1.165, 1.54) is 11.8 Å². The Morgan fingerprint density at radius 2 is 2.00 bits per heavy atom. The minimum absolute atomic E-state index is 0.114. The summed E-state index contributed by atoms with van der Waals surface area (Å²) in [6, 6.07) is 5.25. The van der Waals surface area contributed by atoms with Crippen molar-refractivity contribution in [3.63, 3.8) is 0 Å². The van der Waals surface area contributed by atoms with Gasteiger partial charge in [-0.25, -0.2) is 0 Å². The van der Waals surface area contributed by atoms with Crippen molar-refractivity contribution in [2.45, 2.75) is 19.8 Å². The monoisotopic (exact) mass is 389 g/mol. The van der Waals surface area contributed by atoms with E-state index in [4.69, 9.17) is 10.5 Å². The Morgan fingerprint density at radius 3 is 2.63 bits per heavy atom. The van der Waals surface area contributed by atoms with Crippen LogP contribution in [0.1, 0.15) is 28.8 Å². The van der Waals surface area contributed by atoms with E-state index in [1.807, 2.05) is 13.0 Å². The fourth-order valence-corrected chi connectivity index (χ4v) is 3.73. The first-order chi connectivity index (χ1) is 13.0. The number of nitrogens with one attached hydrogen (secondary N) is 1. The highest BCUT2D eigenvalue weighted by Gasteiger charge is 2.27. The Bertz CT molecular complexity index is 785. The summed E-state index contributed by atoms with van der Waals surface area (Å²) >= 11 is 1.53. The molecule has 3 N–H and O–H groups in total. The minimum Gasteiger partial charge on any atom is -0.487 e. The topological polar surface area (TPSA) is 102 Å². The zero-order valence-corrected chi connectivity index (χ0v) is 16.0. The average molecular weight is 389 g/mol. The molecular formula is C19H23N3O4S. The maximum Gasteiger partial charge on any atom is 0.291 e. The molecule has 1 saturated heterocycles. The second kappa shape index (κ2) is 8.47. The van der Waals surface area contributed by atoms with Crippen LogP contribution in [0.25, 0.3) is 0 Å². The van der Waals surface area contributed by atoms with Gasteiger partial charge < -0.3 is 20.7 Å². The van der Waals surface area contributed by atoms with Gasteiger partial charge in [0.1, 0.15) is 0 Å². The van der Waals surface area contributed by atoms with Gasteiger partial charge in [-0.2, -0.15) is 0 Å². The Balaban J connectivity index is 1.69. The molecule has 0 radical (unpaired) electrons. The van der Waals surface area contributed by atoms with Gasteiger partial charge in [0, 0.05) is 41.4 Å².